The summed E-state index contributed by atoms with van der Waals surface area (Å²) in [7, 11) is -0.619. The lowest BCUT2D eigenvalue weighted by molar-refractivity contribution is -0.153. The van der Waals surface area contributed by atoms with Gasteiger partial charge in [-0.05, 0) is 37.5 Å². The molecule has 0 bridgehead atoms. The Bertz CT molecular complexity index is 2050. The predicted molar refractivity (Wildman–Crippen MR) is 208 cm³/mol. The zero-order valence-electron chi connectivity index (χ0n) is 30.0. The minimum Gasteiger partial charge on any atom is -0.455 e. The second-order valence-corrected chi connectivity index (χ2v) is 15.8. The molecule has 1 fully saturated rings. The first kappa shape index (κ1) is 37.9. The molecule has 3 aromatic carbocycles. The fraction of sp³-hybridized carbons (Fsp3) is 0.263. The van der Waals surface area contributed by atoms with Gasteiger partial charge in [-0.1, -0.05) is 96.2 Å². The molecule has 6 N–H and O–H groups in total. The molecule has 3 heterocycles. The van der Waals surface area contributed by atoms with E-state index in [1.807, 2.05) is 54.6 Å². The fourth-order valence-corrected chi connectivity index (χ4v) is 8.96. The van der Waals surface area contributed by atoms with Crippen molar-refractivity contribution < 1.29 is 28.2 Å². The number of thiazole rings is 1. The number of carbonyl (C=O) groups excluding carboxylic acids is 3. The van der Waals surface area contributed by atoms with E-state index in [0.29, 0.717) is 5.13 Å². The number of anilines is 1. The Labute approximate surface area is 318 Å². The van der Waals surface area contributed by atoms with Crippen LogP contribution in [0.1, 0.15) is 43.2 Å². The number of nitrogens with one attached hydrogen (secondary N) is 2. The molecule has 16 heteroatoms. The van der Waals surface area contributed by atoms with Crippen LogP contribution in [0.25, 0.3) is 0 Å². The lowest BCUT2D eigenvalue weighted by Gasteiger charge is -2.52. The van der Waals surface area contributed by atoms with E-state index in [0.717, 1.165) is 16.7 Å². The number of nitrogens with two attached hydrogens (primary N) is 2. The molecule has 1 saturated heterocycles. The molecule has 6 rings (SSSR count). The lowest BCUT2D eigenvalue weighted by Crippen LogP contribution is -2.71. The van der Waals surface area contributed by atoms with Gasteiger partial charge in [-0.25, -0.2) is 9.78 Å². The number of ether oxygens (including phenoxy) is 1. The molecule has 2 amide bonds. The minimum atomic E-state index is -1.95. The number of aromatic nitrogens is 1. The smallest absolute Gasteiger partial charge is 0.356 e. The molecule has 2 aliphatic rings. The molecule has 14 nitrogen and oxygen atoms in total. The van der Waals surface area contributed by atoms with Gasteiger partial charge in [0.1, 0.15) is 34.5 Å². The number of amides is 2. The average Bonchev–Trinajstić information content (AvgIpc) is 3.61. The van der Waals surface area contributed by atoms with Gasteiger partial charge in [0.2, 0.25) is 0 Å². The van der Waals surface area contributed by atoms with Crippen molar-refractivity contribution in [3.05, 3.63) is 129 Å². The largest absolute Gasteiger partial charge is 0.455 e. The minimum absolute atomic E-state index is 0.0546. The van der Waals surface area contributed by atoms with Gasteiger partial charge >= 0.3 is 5.97 Å². The van der Waals surface area contributed by atoms with Crippen LogP contribution >= 0.6 is 11.3 Å². The molecule has 0 spiro atoms. The van der Waals surface area contributed by atoms with Gasteiger partial charge in [-0.2, -0.15) is 5.10 Å². The van der Waals surface area contributed by atoms with Crippen LogP contribution in [0.3, 0.4) is 0 Å². The van der Waals surface area contributed by atoms with E-state index < -0.39 is 57.5 Å². The van der Waals surface area contributed by atoms with Gasteiger partial charge in [0.25, 0.3) is 11.8 Å². The van der Waals surface area contributed by atoms with Crippen molar-refractivity contribution in [2.75, 3.05) is 24.7 Å². The van der Waals surface area contributed by atoms with E-state index in [9.17, 15) is 18.6 Å². The molecular formula is C38H40N8O6S2. The van der Waals surface area contributed by atoms with E-state index >= 15 is 0 Å². The topological polar surface area (TPSA) is 204 Å². The van der Waals surface area contributed by atoms with Crippen LogP contribution < -0.4 is 22.2 Å². The summed E-state index contributed by atoms with van der Waals surface area (Å²) < 4.78 is 19.2. The first-order chi connectivity index (χ1) is 25.9. The molecule has 3 atom stereocenters. The van der Waals surface area contributed by atoms with Crippen molar-refractivity contribution >= 4 is 56.5 Å². The number of fused-ring (bicyclic) bond motifs is 1. The molecule has 54 heavy (non-hydrogen) atoms. The van der Waals surface area contributed by atoms with Crippen molar-refractivity contribution in [1.29, 1.82) is 0 Å². The van der Waals surface area contributed by atoms with E-state index in [1.54, 1.807) is 31.1 Å². The highest BCUT2D eigenvalue weighted by Crippen LogP contribution is 2.41. The zero-order chi connectivity index (χ0) is 38.6. The number of primary amides is 1. The lowest BCUT2D eigenvalue weighted by atomic mass is 9.77. The first-order valence-corrected chi connectivity index (χ1v) is 19.1. The molecule has 1 aromatic heterocycles. The van der Waals surface area contributed by atoms with E-state index in [4.69, 9.17) is 26.1 Å². The molecule has 2 aliphatic heterocycles. The Hall–Kier alpha value is -5.87. The highest BCUT2D eigenvalue weighted by Gasteiger charge is 2.51. The summed E-state index contributed by atoms with van der Waals surface area (Å²) in [6.45, 7) is 5.14. The molecule has 0 radical (unpaired) electrons. The SMILES string of the molecule is CON=C(C(=O)NC1CN2C(C(=O)OC(C)(C)C)=C(C(=NN)C(N)=O)S(=O)CC12)c1csc(NC(c2ccccc2)(c2ccccc2)c2ccccc2)n1. The van der Waals surface area contributed by atoms with Crippen molar-refractivity contribution in [3.8, 4) is 0 Å². The van der Waals surface area contributed by atoms with E-state index in [2.05, 4.69) is 57.3 Å². The quantitative estimate of drug-likeness (QED) is 0.0545. The number of benzene rings is 3. The van der Waals surface area contributed by atoms with Gasteiger partial charge in [0, 0.05) is 11.9 Å². The Kier molecular flexibility index (Phi) is 11.0. The van der Waals surface area contributed by atoms with Crippen LogP contribution in [0.15, 0.2) is 117 Å². The number of oxime groups is 1. The number of esters is 1. The van der Waals surface area contributed by atoms with Crippen molar-refractivity contribution in [3.63, 3.8) is 0 Å². The normalized spacial score (nSPS) is 19.0. The van der Waals surface area contributed by atoms with Crippen LogP contribution in [0.4, 0.5) is 5.13 Å². The summed E-state index contributed by atoms with van der Waals surface area (Å²) in [4.78, 5) is 50.8. The molecule has 3 unspecified atom stereocenters. The monoisotopic (exact) mass is 768 g/mol. The van der Waals surface area contributed by atoms with Crippen molar-refractivity contribution in [2.24, 2.45) is 21.8 Å². The third-order valence-corrected chi connectivity index (χ3v) is 11.1. The van der Waals surface area contributed by atoms with Crippen LogP contribution in [0.5, 0.6) is 0 Å². The summed E-state index contributed by atoms with van der Waals surface area (Å²) in [5.74, 6) is 2.92. The Balaban J connectivity index is 1.28. The predicted octanol–water partition coefficient (Wildman–Crippen LogP) is 3.18. The van der Waals surface area contributed by atoms with Gasteiger partial charge in [0.05, 0.1) is 28.6 Å². The van der Waals surface area contributed by atoms with Crippen molar-refractivity contribution in [1.82, 2.24) is 15.2 Å². The average molecular weight is 769 g/mol. The Morgan fingerprint density at radius 3 is 1.96 bits per heavy atom. The van der Waals surface area contributed by atoms with Gasteiger partial charge in [-0.3, -0.25) is 13.8 Å². The highest BCUT2D eigenvalue weighted by molar-refractivity contribution is 7.90. The zero-order valence-corrected chi connectivity index (χ0v) is 31.6. The number of rotatable bonds is 12. The summed E-state index contributed by atoms with van der Waals surface area (Å²) >= 11 is 1.30. The van der Waals surface area contributed by atoms with Crippen LogP contribution in [-0.2, 0) is 40.3 Å². The highest BCUT2D eigenvalue weighted by atomic mass is 32.2. The number of hydrogen-bond acceptors (Lipinski definition) is 13. The summed E-state index contributed by atoms with van der Waals surface area (Å²) in [5, 5.41) is 16.3. The maximum Gasteiger partial charge on any atom is 0.356 e. The second-order valence-electron chi connectivity index (χ2n) is 13.5. The van der Waals surface area contributed by atoms with Crippen LogP contribution in [0.2, 0.25) is 0 Å². The van der Waals surface area contributed by atoms with Gasteiger partial charge in [-0.15, -0.1) is 11.3 Å². The third-order valence-electron chi connectivity index (χ3n) is 8.86. The second kappa shape index (κ2) is 15.6. The fourth-order valence-electron chi connectivity index (χ4n) is 6.53. The maximum absolute atomic E-state index is 13.9. The van der Waals surface area contributed by atoms with E-state index in [1.165, 1.54) is 18.4 Å². The number of nitrogens with zero attached hydrogens (tertiary/aromatic N) is 4. The summed E-state index contributed by atoms with van der Waals surface area (Å²) in [5.41, 5.74) is 6.19. The Morgan fingerprint density at radius 1 is 0.926 bits per heavy atom. The number of hydrogen-bond donors (Lipinski definition) is 4. The molecule has 4 aromatic rings. The van der Waals surface area contributed by atoms with Gasteiger partial charge in [0.15, 0.2) is 16.6 Å². The third kappa shape index (κ3) is 7.47. The Morgan fingerprint density at radius 2 is 1.48 bits per heavy atom. The number of carbonyl (C=O) groups is 3. The number of hydrazone groups is 1. The summed E-state index contributed by atoms with van der Waals surface area (Å²) in [6, 6.07) is 28.9. The van der Waals surface area contributed by atoms with E-state index in [-0.39, 0.29) is 34.3 Å². The first-order valence-electron chi connectivity index (χ1n) is 16.9. The van der Waals surface area contributed by atoms with Crippen LogP contribution in [-0.4, -0.2) is 80.4 Å². The molecular weight excluding hydrogens is 729 g/mol. The standard InChI is InChI=1S/C38H40N8O6S2/c1-37(2,3)52-35(49)31-32(30(44-40)33(39)47)54(50)22-28-26(20-46(28)31)41-34(48)29(45-51-4)27-21-53-36(42-27)43-38(23-14-8-5-9-15-23,24-16-10-6-11-17-24)25-18-12-7-13-19-25/h5-19,21,26,28H,20,22,40H2,1-4H3,(H2,39,47)(H,41,48)(H,42,43). The molecule has 0 saturated carbocycles. The van der Waals surface area contributed by atoms with Gasteiger partial charge < -0.3 is 36.7 Å². The summed E-state index contributed by atoms with van der Waals surface area (Å²) in [6.07, 6.45) is 0. The van der Waals surface area contributed by atoms with Crippen molar-refractivity contribution in [2.45, 2.75) is 44.0 Å². The molecule has 280 valence electrons. The van der Waals surface area contributed by atoms with Crippen LogP contribution in [0, 0.1) is 0 Å². The molecule has 0 aliphatic carbocycles. The maximum atomic E-state index is 13.9.